The maximum absolute atomic E-state index is 12.9. The molecule has 0 aromatic heterocycles. The molecule has 0 atom stereocenters. The molecular formula is C21H25N3O5S. The lowest BCUT2D eigenvalue weighted by molar-refractivity contribution is 0.0717. The van der Waals surface area contributed by atoms with Gasteiger partial charge in [0.05, 0.1) is 18.9 Å². The second-order valence-corrected chi connectivity index (χ2v) is 8.84. The molecule has 0 saturated carbocycles. The fraction of sp³-hybridized carbons (Fsp3) is 0.333. The van der Waals surface area contributed by atoms with Crippen molar-refractivity contribution in [2.75, 3.05) is 44.3 Å². The van der Waals surface area contributed by atoms with Crippen LogP contribution in [0.5, 0.6) is 5.75 Å². The molecule has 160 valence electrons. The molecule has 0 radical (unpaired) electrons. The standard InChI is InChI=1S/C21H25N3O5S/c1-29-19-7-4-3-6-18(19)21(26)24-13-5-12-23(14-15-24)20(25)16-8-10-17(11-9-16)22-30(2,27)28/h3-4,6-11,22H,5,12-15H2,1-2H3. The number of rotatable bonds is 5. The first-order valence-corrected chi connectivity index (χ1v) is 11.5. The van der Waals surface area contributed by atoms with Crippen molar-refractivity contribution < 1.29 is 22.7 Å². The van der Waals surface area contributed by atoms with E-state index in [1.54, 1.807) is 52.3 Å². The third-order valence-electron chi connectivity index (χ3n) is 4.84. The van der Waals surface area contributed by atoms with Crippen LogP contribution in [0.3, 0.4) is 0 Å². The van der Waals surface area contributed by atoms with Crippen molar-refractivity contribution in [3.05, 3.63) is 59.7 Å². The molecule has 30 heavy (non-hydrogen) atoms. The van der Waals surface area contributed by atoms with E-state index >= 15 is 0 Å². The number of anilines is 1. The molecule has 9 heteroatoms. The van der Waals surface area contributed by atoms with Gasteiger partial charge in [0.2, 0.25) is 10.0 Å². The zero-order valence-electron chi connectivity index (χ0n) is 17.0. The van der Waals surface area contributed by atoms with Crippen LogP contribution in [0.1, 0.15) is 27.1 Å². The van der Waals surface area contributed by atoms with Crippen LogP contribution in [0, 0.1) is 0 Å². The van der Waals surface area contributed by atoms with E-state index in [0.717, 1.165) is 6.26 Å². The topological polar surface area (TPSA) is 96.0 Å². The lowest BCUT2D eigenvalue weighted by atomic mass is 10.1. The van der Waals surface area contributed by atoms with Crippen LogP contribution in [0.15, 0.2) is 48.5 Å². The molecular weight excluding hydrogens is 406 g/mol. The smallest absolute Gasteiger partial charge is 0.257 e. The zero-order chi connectivity index (χ0) is 21.7. The molecule has 1 N–H and O–H groups in total. The van der Waals surface area contributed by atoms with Crippen LogP contribution in [-0.2, 0) is 10.0 Å². The van der Waals surface area contributed by atoms with Gasteiger partial charge in [-0.2, -0.15) is 0 Å². The highest BCUT2D eigenvalue weighted by Crippen LogP contribution is 2.21. The number of methoxy groups -OCH3 is 1. The third-order valence-corrected chi connectivity index (χ3v) is 5.45. The summed E-state index contributed by atoms with van der Waals surface area (Å²) in [7, 11) is -1.84. The van der Waals surface area contributed by atoms with Crippen LogP contribution < -0.4 is 9.46 Å². The third kappa shape index (κ3) is 5.29. The number of carbonyl (C=O) groups excluding carboxylic acids is 2. The van der Waals surface area contributed by atoms with Gasteiger partial charge in [0.25, 0.3) is 11.8 Å². The Morgan fingerprint density at radius 1 is 0.900 bits per heavy atom. The minimum absolute atomic E-state index is 0.113. The summed E-state index contributed by atoms with van der Waals surface area (Å²) in [5, 5.41) is 0. The maximum atomic E-state index is 12.9. The molecule has 2 aromatic carbocycles. The molecule has 3 rings (SSSR count). The molecule has 8 nitrogen and oxygen atoms in total. The SMILES string of the molecule is COc1ccccc1C(=O)N1CCCN(C(=O)c2ccc(NS(C)(=O)=O)cc2)CC1. The summed E-state index contributed by atoms with van der Waals surface area (Å²) in [6, 6.07) is 13.4. The predicted molar refractivity (Wildman–Crippen MR) is 114 cm³/mol. The van der Waals surface area contributed by atoms with E-state index < -0.39 is 10.0 Å². The molecule has 0 spiro atoms. The van der Waals surface area contributed by atoms with Gasteiger partial charge in [-0.1, -0.05) is 12.1 Å². The highest BCUT2D eigenvalue weighted by molar-refractivity contribution is 7.92. The summed E-state index contributed by atoms with van der Waals surface area (Å²) in [6.45, 7) is 1.94. The summed E-state index contributed by atoms with van der Waals surface area (Å²) < 4.78 is 30.3. The van der Waals surface area contributed by atoms with Gasteiger partial charge < -0.3 is 14.5 Å². The van der Waals surface area contributed by atoms with E-state index in [-0.39, 0.29) is 11.8 Å². The number of ether oxygens (including phenoxy) is 1. The zero-order valence-corrected chi connectivity index (χ0v) is 17.8. The number of carbonyl (C=O) groups is 2. The largest absolute Gasteiger partial charge is 0.496 e. The fourth-order valence-electron chi connectivity index (χ4n) is 3.39. The van der Waals surface area contributed by atoms with Gasteiger partial charge in [0, 0.05) is 37.4 Å². The number of benzene rings is 2. The highest BCUT2D eigenvalue weighted by Gasteiger charge is 2.25. The number of para-hydroxylation sites is 1. The van der Waals surface area contributed by atoms with Crippen molar-refractivity contribution >= 4 is 27.5 Å². The second-order valence-electron chi connectivity index (χ2n) is 7.09. The molecule has 1 aliphatic heterocycles. The molecule has 0 aliphatic carbocycles. The Kier molecular flexibility index (Phi) is 6.61. The number of amides is 2. The first-order chi connectivity index (χ1) is 14.3. The maximum Gasteiger partial charge on any atom is 0.257 e. The van der Waals surface area contributed by atoms with E-state index in [9.17, 15) is 18.0 Å². The van der Waals surface area contributed by atoms with Crippen LogP contribution in [0.25, 0.3) is 0 Å². The lowest BCUT2D eigenvalue weighted by Crippen LogP contribution is -2.37. The Labute approximate surface area is 176 Å². The minimum Gasteiger partial charge on any atom is -0.496 e. The van der Waals surface area contributed by atoms with Crippen molar-refractivity contribution in [2.45, 2.75) is 6.42 Å². The van der Waals surface area contributed by atoms with Gasteiger partial charge in [0.15, 0.2) is 0 Å². The van der Waals surface area contributed by atoms with E-state index in [4.69, 9.17) is 4.74 Å². The van der Waals surface area contributed by atoms with Crippen LogP contribution in [0.4, 0.5) is 5.69 Å². The van der Waals surface area contributed by atoms with E-state index in [1.165, 1.54) is 7.11 Å². The van der Waals surface area contributed by atoms with E-state index in [2.05, 4.69) is 4.72 Å². The van der Waals surface area contributed by atoms with Crippen molar-refractivity contribution in [3.63, 3.8) is 0 Å². The Morgan fingerprint density at radius 3 is 2.10 bits per heavy atom. The average Bonchev–Trinajstić information content (AvgIpc) is 2.98. The molecule has 1 fully saturated rings. The molecule has 1 heterocycles. The van der Waals surface area contributed by atoms with Crippen molar-refractivity contribution in [1.29, 1.82) is 0 Å². The molecule has 2 amide bonds. The van der Waals surface area contributed by atoms with Crippen molar-refractivity contribution in [1.82, 2.24) is 9.80 Å². The Hall–Kier alpha value is -3.07. The number of nitrogens with zero attached hydrogens (tertiary/aromatic N) is 2. The van der Waals surface area contributed by atoms with Gasteiger partial charge in [-0.05, 0) is 42.8 Å². The Balaban J connectivity index is 1.66. The number of hydrogen-bond acceptors (Lipinski definition) is 5. The van der Waals surface area contributed by atoms with Crippen LogP contribution in [-0.4, -0.2) is 69.6 Å². The molecule has 1 aliphatic rings. The van der Waals surface area contributed by atoms with Crippen molar-refractivity contribution in [3.8, 4) is 5.75 Å². The second kappa shape index (κ2) is 9.17. The summed E-state index contributed by atoms with van der Waals surface area (Å²) in [5.74, 6) is 0.271. The van der Waals surface area contributed by atoms with Crippen LogP contribution >= 0.6 is 0 Å². The summed E-state index contributed by atoms with van der Waals surface area (Å²) in [6.07, 6.45) is 1.74. The monoisotopic (exact) mass is 431 g/mol. The first-order valence-electron chi connectivity index (χ1n) is 9.58. The van der Waals surface area contributed by atoms with Crippen LogP contribution in [0.2, 0.25) is 0 Å². The Morgan fingerprint density at radius 2 is 1.50 bits per heavy atom. The van der Waals surface area contributed by atoms with Gasteiger partial charge in [-0.15, -0.1) is 0 Å². The summed E-state index contributed by atoms with van der Waals surface area (Å²) in [5.41, 5.74) is 1.38. The molecule has 0 unspecified atom stereocenters. The van der Waals surface area contributed by atoms with Gasteiger partial charge in [-0.3, -0.25) is 14.3 Å². The fourth-order valence-corrected chi connectivity index (χ4v) is 3.96. The normalized spacial score (nSPS) is 14.7. The summed E-state index contributed by atoms with van der Waals surface area (Å²) >= 11 is 0. The lowest BCUT2D eigenvalue weighted by Gasteiger charge is -2.23. The average molecular weight is 432 g/mol. The minimum atomic E-state index is -3.37. The number of nitrogens with one attached hydrogen (secondary N) is 1. The quantitative estimate of drug-likeness (QED) is 0.782. The van der Waals surface area contributed by atoms with Crippen molar-refractivity contribution in [2.24, 2.45) is 0 Å². The first kappa shape index (κ1) is 21.6. The van der Waals surface area contributed by atoms with Gasteiger partial charge in [0.1, 0.15) is 5.75 Å². The Bertz CT molecular complexity index is 1020. The highest BCUT2D eigenvalue weighted by atomic mass is 32.2. The van der Waals surface area contributed by atoms with Gasteiger partial charge in [-0.25, -0.2) is 8.42 Å². The molecule has 1 saturated heterocycles. The number of sulfonamides is 1. The van der Waals surface area contributed by atoms with E-state index in [1.807, 2.05) is 6.07 Å². The van der Waals surface area contributed by atoms with Gasteiger partial charge >= 0.3 is 0 Å². The predicted octanol–water partition coefficient (Wildman–Crippen LogP) is 2.05. The summed E-state index contributed by atoms with van der Waals surface area (Å²) in [4.78, 5) is 29.2. The molecule has 0 bridgehead atoms. The van der Waals surface area contributed by atoms with E-state index in [0.29, 0.717) is 55.2 Å². The number of hydrogen-bond donors (Lipinski definition) is 1. The molecule has 2 aromatic rings.